The number of hydrogen-bond donors (Lipinski definition) is 1. The van der Waals surface area contributed by atoms with E-state index in [9.17, 15) is 5.11 Å². The summed E-state index contributed by atoms with van der Waals surface area (Å²) in [4.78, 5) is 0. The fourth-order valence-corrected chi connectivity index (χ4v) is 3.20. The Morgan fingerprint density at radius 2 is 1.89 bits per heavy atom. The summed E-state index contributed by atoms with van der Waals surface area (Å²) in [5.74, 6) is -1.04. The van der Waals surface area contributed by atoms with Gasteiger partial charge in [0.2, 0.25) is 0 Å². The number of aliphatic hydroxyl groups is 1. The Morgan fingerprint density at radius 3 is 2.42 bits per heavy atom. The summed E-state index contributed by atoms with van der Waals surface area (Å²) < 4.78 is 16.5. The molecule has 1 heterocycles. The zero-order valence-corrected chi connectivity index (χ0v) is 14.3. The SMILES string of the molecule is CC[C@H](C[C@@H]1CCC[C@](O)(C[C@H](CC)OP)O1)OP. The van der Waals surface area contributed by atoms with Gasteiger partial charge in [0.05, 0.1) is 18.3 Å². The van der Waals surface area contributed by atoms with E-state index in [1.54, 1.807) is 0 Å². The Labute approximate surface area is 121 Å². The smallest absolute Gasteiger partial charge is 0.168 e. The minimum atomic E-state index is -1.04. The van der Waals surface area contributed by atoms with Crippen LogP contribution in [0.2, 0.25) is 0 Å². The second-order valence-electron chi connectivity index (χ2n) is 5.35. The fraction of sp³-hybridized carbons (Fsp3) is 1.00. The number of rotatable bonds is 8. The Hall–Kier alpha value is 0.700. The summed E-state index contributed by atoms with van der Waals surface area (Å²) >= 11 is 0. The van der Waals surface area contributed by atoms with Crippen LogP contribution in [0.15, 0.2) is 0 Å². The summed E-state index contributed by atoms with van der Waals surface area (Å²) in [6, 6.07) is 0. The van der Waals surface area contributed by atoms with Gasteiger partial charge in [0.1, 0.15) is 0 Å². The summed E-state index contributed by atoms with van der Waals surface area (Å²) in [7, 11) is 4.60. The first kappa shape index (κ1) is 17.8. The van der Waals surface area contributed by atoms with Gasteiger partial charge in [-0.2, -0.15) is 0 Å². The third-order valence-corrected chi connectivity index (χ3v) is 4.62. The molecule has 1 N–H and O–H groups in total. The van der Waals surface area contributed by atoms with E-state index in [0.717, 1.165) is 32.1 Å². The van der Waals surface area contributed by atoms with Gasteiger partial charge >= 0.3 is 0 Å². The molecule has 1 rings (SSSR count). The molecule has 0 saturated carbocycles. The molecular formula is C13H28O4P2. The van der Waals surface area contributed by atoms with Crippen LogP contribution in [0, 0.1) is 0 Å². The molecule has 2 unspecified atom stereocenters. The number of hydrogen-bond acceptors (Lipinski definition) is 4. The minimum Gasteiger partial charge on any atom is -0.365 e. The van der Waals surface area contributed by atoms with Gasteiger partial charge in [0.25, 0.3) is 0 Å². The Morgan fingerprint density at radius 1 is 1.26 bits per heavy atom. The van der Waals surface area contributed by atoms with Gasteiger partial charge in [-0.1, -0.05) is 13.8 Å². The van der Waals surface area contributed by atoms with Gasteiger partial charge in [-0.3, -0.25) is 0 Å². The van der Waals surface area contributed by atoms with E-state index in [2.05, 4.69) is 25.9 Å². The summed E-state index contributed by atoms with van der Waals surface area (Å²) in [5.41, 5.74) is 0. The van der Waals surface area contributed by atoms with E-state index in [1.165, 1.54) is 0 Å². The highest BCUT2D eigenvalue weighted by molar-refractivity contribution is 7.10. The first-order valence-corrected chi connectivity index (χ1v) is 8.12. The molecule has 114 valence electrons. The second-order valence-corrected chi connectivity index (χ2v) is 5.90. The standard InChI is InChI=1S/C13H28O4P2/c1-3-10(16-18)8-12-6-5-7-13(14,15-12)9-11(4-2)17-19/h10-12,14H,3-9,18-19H2,1-2H3/t10-,11+,12+,13-/m1/s1. The molecular weight excluding hydrogens is 282 g/mol. The van der Waals surface area contributed by atoms with Crippen molar-refractivity contribution in [2.45, 2.75) is 82.9 Å². The van der Waals surface area contributed by atoms with Crippen LogP contribution in [0.5, 0.6) is 0 Å². The van der Waals surface area contributed by atoms with Crippen LogP contribution in [0.25, 0.3) is 0 Å². The van der Waals surface area contributed by atoms with Crippen LogP contribution in [0.1, 0.15) is 58.8 Å². The van der Waals surface area contributed by atoms with Crippen LogP contribution in [-0.2, 0) is 13.8 Å². The van der Waals surface area contributed by atoms with Crippen molar-refractivity contribution in [1.29, 1.82) is 0 Å². The van der Waals surface area contributed by atoms with Crippen LogP contribution >= 0.6 is 18.9 Å². The molecule has 0 radical (unpaired) electrons. The van der Waals surface area contributed by atoms with Crippen molar-refractivity contribution in [3.63, 3.8) is 0 Å². The van der Waals surface area contributed by atoms with E-state index >= 15 is 0 Å². The largest absolute Gasteiger partial charge is 0.365 e. The zero-order chi connectivity index (χ0) is 14.3. The van der Waals surface area contributed by atoms with Gasteiger partial charge < -0.3 is 18.9 Å². The minimum absolute atomic E-state index is 0.0219. The third-order valence-electron chi connectivity index (χ3n) is 3.85. The Bertz CT molecular complexity index is 247. The van der Waals surface area contributed by atoms with E-state index in [-0.39, 0.29) is 18.3 Å². The van der Waals surface area contributed by atoms with E-state index in [0.29, 0.717) is 12.8 Å². The normalized spacial score (nSPS) is 31.1. The maximum Gasteiger partial charge on any atom is 0.168 e. The molecule has 0 aromatic rings. The summed E-state index contributed by atoms with van der Waals surface area (Å²) in [6.07, 6.45) is 6.13. The maximum absolute atomic E-state index is 10.6. The molecule has 1 aliphatic rings. The Balaban J connectivity index is 2.52. The quantitative estimate of drug-likeness (QED) is 0.700. The number of ether oxygens (including phenoxy) is 1. The van der Waals surface area contributed by atoms with Crippen LogP contribution in [0.4, 0.5) is 0 Å². The van der Waals surface area contributed by atoms with E-state index in [1.807, 2.05) is 6.92 Å². The predicted octanol–water partition coefficient (Wildman–Crippen LogP) is 3.19. The molecule has 4 nitrogen and oxygen atoms in total. The molecule has 19 heavy (non-hydrogen) atoms. The molecule has 1 fully saturated rings. The molecule has 0 spiro atoms. The lowest BCUT2D eigenvalue weighted by atomic mass is 9.93. The monoisotopic (exact) mass is 310 g/mol. The summed E-state index contributed by atoms with van der Waals surface area (Å²) in [5, 5.41) is 10.6. The van der Waals surface area contributed by atoms with Gasteiger partial charge in [0.15, 0.2) is 5.79 Å². The molecule has 1 aliphatic heterocycles. The van der Waals surface area contributed by atoms with Gasteiger partial charge in [-0.05, 0) is 25.7 Å². The Kier molecular flexibility index (Phi) is 8.29. The first-order chi connectivity index (χ1) is 9.06. The lowest BCUT2D eigenvalue weighted by Crippen LogP contribution is -2.44. The topological polar surface area (TPSA) is 47.9 Å². The van der Waals surface area contributed by atoms with Gasteiger partial charge in [-0.15, -0.1) is 0 Å². The van der Waals surface area contributed by atoms with Crippen LogP contribution in [0.3, 0.4) is 0 Å². The van der Waals surface area contributed by atoms with Crippen molar-refractivity contribution >= 4 is 18.9 Å². The molecule has 1 saturated heterocycles. The highest BCUT2D eigenvalue weighted by Gasteiger charge is 2.37. The maximum atomic E-state index is 10.6. The highest BCUT2D eigenvalue weighted by atomic mass is 31.0. The average molecular weight is 310 g/mol. The van der Waals surface area contributed by atoms with Crippen LogP contribution < -0.4 is 0 Å². The van der Waals surface area contributed by atoms with Crippen molar-refractivity contribution in [3.8, 4) is 0 Å². The average Bonchev–Trinajstić information content (AvgIpc) is 2.42. The van der Waals surface area contributed by atoms with E-state index in [4.69, 9.17) is 13.8 Å². The van der Waals surface area contributed by atoms with Crippen molar-refractivity contribution in [2.75, 3.05) is 0 Å². The highest BCUT2D eigenvalue weighted by Crippen LogP contribution is 2.34. The first-order valence-electron chi connectivity index (χ1n) is 7.18. The van der Waals surface area contributed by atoms with Gasteiger partial charge in [0, 0.05) is 38.2 Å². The van der Waals surface area contributed by atoms with Crippen molar-refractivity contribution in [2.24, 2.45) is 0 Å². The molecule has 6 atom stereocenters. The lowest BCUT2D eigenvalue weighted by Gasteiger charge is -2.39. The molecule has 0 aromatic carbocycles. The second kappa shape index (κ2) is 8.87. The molecule has 0 aliphatic carbocycles. The molecule has 0 aromatic heterocycles. The van der Waals surface area contributed by atoms with Crippen LogP contribution in [-0.4, -0.2) is 29.2 Å². The molecule has 0 bridgehead atoms. The third kappa shape index (κ3) is 5.91. The van der Waals surface area contributed by atoms with E-state index < -0.39 is 5.79 Å². The summed E-state index contributed by atoms with van der Waals surface area (Å²) in [6.45, 7) is 4.15. The zero-order valence-electron chi connectivity index (χ0n) is 12.0. The van der Waals surface area contributed by atoms with Gasteiger partial charge in [-0.25, -0.2) is 0 Å². The lowest BCUT2D eigenvalue weighted by molar-refractivity contribution is -0.266. The fourth-order valence-electron chi connectivity index (χ4n) is 2.61. The molecule has 6 heteroatoms. The van der Waals surface area contributed by atoms with Crippen molar-refractivity contribution < 1.29 is 18.9 Å². The molecule has 0 amide bonds. The van der Waals surface area contributed by atoms with Crippen molar-refractivity contribution in [1.82, 2.24) is 0 Å². The van der Waals surface area contributed by atoms with Crippen molar-refractivity contribution in [3.05, 3.63) is 0 Å². The predicted molar refractivity (Wildman–Crippen MR) is 82.7 cm³/mol.